The number of carbonyl (C=O) groups excluding carboxylic acids is 1. The molecule has 0 spiro atoms. The van der Waals surface area contributed by atoms with E-state index in [1.165, 1.54) is 11.3 Å². The monoisotopic (exact) mass is 337 g/mol. The molecule has 1 N–H and O–H groups in total. The molecule has 22 heavy (non-hydrogen) atoms. The van der Waals surface area contributed by atoms with Gasteiger partial charge in [-0.25, -0.2) is 0 Å². The standard InChI is InChI=1S/C15H19N3O2S2/c1-9(2)21-15-18-17-14(22-15)16-13(19)8-20-12-6-10(3)5-11(4)7-12/h5-7,9H,8H2,1-4H3,(H,16,17,19). The van der Waals surface area contributed by atoms with Gasteiger partial charge < -0.3 is 4.74 Å². The maximum absolute atomic E-state index is 11.9. The van der Waals surface area contributed by atoms with Crippen LogP contribution in [0.15, 0.2) is 22.5 Å². The topological polar surface area (TPSA) is 64.1 Å². The number of rotatable bonds is 6. The molecule has 0 aliphatic heterocycles. The Labute approximate surface area is 138 Å². The highest BCUT2D eigenvalue weighted by Gasteiger charge is 2.10. The molecule has 0 unspecified atom stereocenters. The van der Waals surface area contributed by atoms with Gasteiger partial charge in [0.25, 0.3) is 5.91 Å². The Bertz CT molecular complexity index is 636. The van der Waals surface area contributed by atoms with E-state index >= 15 is 0 Å². The SMILES string of the molecule is Cc1cc(C)cc(OCC(=O)Nc2nnc(SC(C)C)s2)c1. The number of nitrogens with zero attached hydrogens (tertiary/aromatic N) is 2. The minimum absolute atomic E-state index is 0.0465. The highest BCUT2D eigenvalue weighted by molar-refractivity contribution is 8.01. The molecule has 1 aromatic heterocycles. The van der Waals surface area contributed by atoms with Crippen LogP contribution in [0.5, 0.6) is 5.75 Å². The van der Waals surface area contributed by atoms with Crippen molar-refractivity contribution in [1.82, 2.24) is 10.2 Å². The van der Waals surface area contributed by atoms with Crippen LogP contribution in [0, 0.1) is 13.8 Å². The summed E-state index contributed by atoms with van der Waals surface area (Å²) in [5.41, 5.74) is 2.21. The second kappa shape index (κ2) is 7.60. The van der Waals surface area contributed by atoms with Gasteiger partial charge in [-0.3, -0.25) is 10.1 Å². The van der Waals surface area contributed by atoms with Gasteiger partial charge in [0.2, 0.25) is 5.13 Å². The fourth-order valence-corrected chi connectivity index (χ4v) is 3.82. The summed E-state index contributed by atoms with van der Waals surface area (Å²) >= 11 is 2.99. The molecule has 0 atom stereocenters. The number of nitrogens with one attached hydrogen (secondary N) is 1. The van der Waals surface area contributed by atoms with Crippen LogP contribution >= 0.6 is 23.1 Å². The number of hydrogen-bond donors (Lipinski definition) is 1. The zero-order valence-electron chi connectivity index (χ0n) is 13.0. The largest absolute Gasteiger partial charge is 0.484 e. The van der Waals surface area contributed by atoms with E-state index in [9.17, 15) is 4.79 Å². The Hall–Kier alpha value is -1.60. The number of carbonyl (C=O) groups is 1. The lowest BCUT2D eigenvalue weighted by atomic mass is 10.1. The molecule has 5 nitrogen and oxygen atoms in total. The van der Waals surface area contributed by atoms with E-state index in [2.05, 4.69) is 35.4 Å². The van der Waals surface area contributed by atoms with Crippen molar-refractivity contribution in [3.63, 3.8) is 0 Å². The summed E-state index contributed by atoms with van der Waals surface area (Å²) in [5.74, 6) is 0.456. The first-order valence-electron chi connectivity index (χ1n) is 6.93. The minimum Gasteiger partial charge on any atom is -0.484 e. The van der Waals surface area contributed by atoms with E-state index < -0.39 is 0 Å². The smallest absolute Gasteiger partial charge is 0.264 e. The number of ether oxygens (including phenoxy) is 1. The molecular formula is C15H19N3O2S2. The molecule has 7 heteroatoms. The van der Waals surface area contributed by atoms with Gasteiger partial charge in [0.05, 0.1) is 0 Å². The van der Waals surface area contributed by atoms with E-state index in [4.69, 9.17) is 4.74 Å². The Balaban J connectivity index is 1.86. The van der Waals surface area contributed by atoms with Gasteiger partial charge in [0, 0.05) is 5.25 Å². The normalized spacial score (nSPS) is 10.8. The van der Waals surface area contributed by atoms with Crippen molar-refractivity contribution < 1.29 is 9.53 Å². The molecule has 0 bridgehead atoms. The van der Waals surface area contributed by atoms with Gasteiger partial charge >= 0.3 is 0 Å². The van der Waals surface area contributed by atoms with Gasteiger partial charge in [-0.05, 0) is 37.1 Å². The molecule has 0 saturated carbocycles. The molecule has 2 aromatic rings. The second-order valence-electron chi connectivity index (χ2n) is 5.20. The van der Waals surface area contributed by atoms with Crippen LogP contribution in [0.1, 0.15) is 25.0 Å². The molecular weight excluding hydrogens is 318 g/mol. The zero-order valence-corrected chi connectivity index (χ0v) is 14.7. The number of benzene rings is 1. The second-order valence-corrected chi connectivity index (χ2v) is 8.00. The van der Waals surface area contributed by atoms with E-state index in [0.29, 0.717) is 16.1 Å². The maximum atomic E-state index is 11.9. The lowest BCUT2D eigenvalue weighted by Crippen LogP contribution is -2.20. The number of aromatic nitrogens is 2. The van der Waals surface area contributed by atoms with Crippen LogP contribution in [-0.2, 0) is 4.79 Å². The van der Waals surface area contributed by atoms with E-state index in [0.717, 1.165) is 15.5 Å². The van der Waals surface area contributed by atoms with Crippen molar-refractivity contribution in [3.8, 4) is 5.75 Å². The first-order chi connectivity index (χ1) is 10.4. The summed E-state index contributed by atoms with van der Waals surface area (Å²) in [5, 5.41) is 11.6. The molecule has 1 heterocycles. The summed E-state index contributed by atoms with van der Waals surface area (Å²) in [4.78, 5) is 11.9. The fraction of sp³-hybridized carbons (Fsp3) is 0.400. The Morgan fingerprint density at radius 2 is 1.95 bits per heavy atom. The van der Waals surface area contributed by atoms with Crippen LogP contribution < -0.4 is 10.1 Å². The number of thioether (sulfide) groups is 1. The van der Waals surface area contributed by atoms with E-state index in [1.807, 2.05) is 26.0 Å². The van der Waals surface area contributed by atoms with E-state index in [1.54, 1.807) is 11.8 Å². The average molecular weight is 337 g/mol. The molecule has 0 aliphatic rings. The summed E-state index contributed by atoms with van der Waals surface area (Å²) < 4.78 is 6.36. The van der Waals surface area contributed by atoms with Crippen molar-refractivity contribution in [2.75, 3.05) is 11.9 Å². The quantitative estimate of drug-likeness (QED) is 0.643. The maximum Gasteiger partial charge on any atom is 0.264 e. The Kier molecular flexibility index (Phi) is 5.79. The third-order valence-electron chi connectivity index (χ3n) is 2.55. The van der Waals surface area contributed by atoms with Crippen LogP contribution in [0.25, 0.3) is 0 Å². The first kappa shape index (κ1) is 16.8. The van der Waals surface area contributed by atoms with Crippen molar-refractivity contribution >= 4 is 34.1 Å². The number of aryl methyl sites for hydroxylation is 2. The van der Waals surface area contributed by atoms with Crippen molar-refractivity contribution in [2.45, 2.75) is 37.3 Å². The van der Waals surface area contributed by atoms with Gasteiger partial charge in [-0.2, -0.15) is 0 Å². The van der Waals surface area contributed by atoms with E-state index in [-0.39, 0.29) is 12.5 Å². The van der Waals surface area contributed by atoms with Crippen LogP contribution in [0.3, 0.4) is 0 Å². The van der Waals surface area contributed by atoms with Gasteiger partial charge in [0.15, 0.2) is 10.9 Å². The molecule has 118 valence electrons. The highest BCUT2D eigenvalue weighted by Crippen LogP contribution is 2.28. The first-order valence-corrected chi connectivity index (χ1v) is 8.63. The summed E-state index contributed by atoms with van der Waals surface area (Å²) in [7, 11) is 0. The Morgan fingerprint density at radius 3 is 2.59 bits per heavy atom. The van der Waals surface area contributed by atoms with Crippen LogP contribution in [-0.4, -0.2) is 28.0 Å². The summed E-state index contributed by atoms with van der Waals surface area (Å²) in [6.45, 7) is 8.11. The fourth-order valence-electron chi connectivity index (χ4n) is 1.83. The lowest BCUT2D eigenvalue weighted by molar-refractivity contribution is -0.118. The molecule has 1 aromatic carbocycles. The predicted molar refractivity (Wildman–Crippen MR) is 90.9 cm³/mol. The minimum atomic E-state index is -0.239. The molecule has 1 amide bonds. The van der Waals surface area contributed by atoms with Gasteiger partial charge in [-0.15, -0.1) is 10.2 Å². The third-order valence-corrected chi connectivity index (χ3v) is 4.48. The summed E-state index contributed by atoms with van der Waals surface area (Å²) in [6, 6.07) is 5.87. The third kappa shape index (κ3) is 5.31. The van der Waals surface area contributed by atoms with Crippen molar-refractivity contribution in [1.29, 1.82) is 0 Å². The van der Waals surface area contributed by atoms with Crippen LogP contribution in [0.4, 0.5) is 5.13 Å². The van der Waals surface area contributed by atoms with Crippen molar-refractivity contribution in [3.05, 3.63) is 29.3 Å². The highest BCUT2D eigenvalue weighted by atomic mass is 32.2. The molecule has 0 radical (unpaired) electrons. The summed E-state index contributed by atoms with van der Waals surface area (Å²) in [6.07, 6.45) is 0. The van der Waals surface area contributed by atoms with Gasteiger partial charge in [-0.1, -0.05) is 43.0 Å². The lowest BCUT2D eigenvalue weighted by Gasteiger charge is -2.07. The zero-order chi connectivity index (χ0) is 16.1. The number of anilines is 1. The number of amides is 1. The molecule has 0 saturated heterocycles. The Morgan fingerprint density at radius 1 is 1.27 bits per heavy atom. The molecule has 2 rings (SSSR count). The van der Waals surface area contributed by atoms with Gasteiger partial charge in [0.1, 0.15) is 5.75 Å². The molecule has 0 fully saturated rings. The average Bonchev–Trinajstić information content (AvgIpc) is 2.81. The predicted octanol–water partition coefficient (Wildman–Crippen LogP) is 3.67. The molecule has 0 aliphatic carbocycles. The van der Waals surface area contributed by atoms with Crippen molar-refractivity contribution in [2.24, 2.45) is 0 Å². The number of hydrogen-bond acceptors (Lipinski definition) is 6. The van der Waals surface area contributed by atoms with Crippen LogP contribution in [0.2, 0.25) is 0 Å².